The molecule has 2 N–H and O–H groups in total. The zero-order chi connectivity index (χ0) is 23.3. The van der Waals surface area contributed by atoms with Crippen molar-refractivity contribution < 1.29 is 29.3 Å². The minimum atomic E-state index is -0.0336. The van der Waals surface area contributed by atoms with Crippen molar-refractivity contribution in [1.29, 1.82) is 0 Å². The van der Waals surface area contributed by atoms with E-state index in [4.69, 9.17) is 19.7 Å². The average molecular weight is 600 g/mol. The number of aliphatic hydroxyl groups is 2. The highest BCUT2D eigenvalue weighted by Crippen LogP contribution is 2.22. The third-order valence-corrected chi connectivity index (χ3v) is 5.93. The summed E-state index contributed by atoms with van der Waals surface area (Å²) in [7, 11) is 3.38. The number of rotatable bonds is 8. The molecule has 0 spiro atoms. The molecule has 0 atom stereocenters. The highest BCUT2D eigenvalue weighted by atomic mass is 127. The van der Waals surface area contributed by atoms with E-state index in [-0.39, 0.29) is 19.8 Å². The lowest BCUT2D eigenvalue weighted by atomic mass is 10.4. The van der Waals surface area contributed by atoms with Crippen LogP contribution in [0.15, 0.2) is 45.1 Å². The summed E-state index contributed by atoms with van der Waals surface area (Å²) < 4.78 is 11.4. The molecule has 3 heterocycles. The minimum Gasteiger partial charge on any atom is -0.490 e. The van der Waals surface area contributed by atoms with Gasteiger partial charge in [-0.1, -0.05) is 0 Å². The van der Waals surface area contributed by atoms with Crippen LogP contribution in [0.25, 0.3) is 0 Å². The number of thiophene rings is 3. The molecule has 31 heavy (non-hydrogen) atoms. The molecular weight excluding hydrogens is 573 g/mol. The van der Waals surface area contributed by atoms with Gasteiger partial charge in [-0.3, -0.25) is 9.59 Å². The van der Waals surface area contributed by atoms with Crippen molar-refractivity contribution in [3.8, 4) is 11.5 Å². The maximum absolute atomic E-state index is 10.3. The van der Waals surface area contributed by atoms with Crippen LogP contribution in [0.4, 0.5) is 0 Å². The number of amides is 1. The van der Waals surface area contributed by atoms with Crippen molar-refractivity contribution >= 4 is 69.3 Å². The normalized spacial score (nSPS) is 8.94. The molecule has 3 aromatic heterocycles. The number of hydrogen-bond donors (Lipinski definition) is 2. The number of aliphatic hydroxyl groups excluding tert-OH is 2. The Balaban J connectivity index is 0.000000406. The van der Waals surface area contributed by atoms with Gasteiger partial charge in [0.05, 0.1) is 13.2 Å². The fourth-order valence-electron chi connectivity index (χ4n) is 1.42. The van der Waals surface area contributed by atoms with Gasteiger partial charge in [0, 0.05) is 28.4 Å². The zero-order valence-corrected chi connectivity index (χ0v) is 21.8. The number of ether oxygens (including phenoxy) is 2. The Labute approximate surface area is 208 Å². The van der Waals surface area contributed by atoms with Crippen LogP contribution in [0.5, 0.6) is 11.5 Å². The van der Waals surface area contributed by atoms with Gasteiger partial charge in [0.2, 0.25) is 6.41 Å². The van der Waals surface area contributed by atoms with E-state index in [2.05, 4.69) is 39.4 Å². The highest BCUT2D eigenvalue weighted by molar-refractivity contribution is 14.1. The summed E-state index contributed by atoms with van der Waals surface area (Å²) in [5, 5.41) is 26.6. The van der Waals surface area contributed by atoms with E-state index < -0.39 is 0 Å². The molecule has 7 nitrogen and oxygen atoms in total. The summed E-state index contributed by atoms with van der Waals surface area (Å²) in [4.78, 5) is 21.8. The first-order chi connectivity index (χ1) is 15.0. The first-order valence-corrected chi connectivity index (χ1v) is 12.6. The zero-order valence-electron chi connectivity index (χ0n) is 17.2. The van der Waals surface area contributed by atoms with Gasteiger partial charge in [-0.2, -0.15) is 11.3 Å². The monoisotopic (exact) mass is 599 g/mol. The fraction of sp³-hybridized carbons (Fsp3) is 0.300. The van der Waals surface area contributed by atoms with Gasteiger partial charge in [-0.05, 0) is 56.9 Å². The molecular formula is C20H26INO6S3. The largest absolute Gasteiger partial charge is 0.490 e. The summed E-state index contributed by atoms with van der Waals surface area (Å²) >= 11 is 6.93. The molecule has 0 radical (unpaired) electrons. The molecule has 0 aliphatic carbocycles. The van der Waals surface area contributed by atoms with E-state index in [0.29, 0.717) is 17.2 Å². The lowest BCUT2D eigenvalue weighted by molar-refractivity contribution is -0.115. The lowest BCUT2D eigenvalue weighted by Crippen LogP contribution is -2.06. The number of carbonyl (C=O) groups is 2. The third kappa shape index (κ3) is 16.8. The van der Waals surface area contributed by atoms with E-state index >= 15 is 0 Å². The summed E-state index contributed by atoms with van der Waals surface area (Å²) in [6.07, 6.45) is 1.50. The SMILES string of the molecule is CN(C)C=O.Ic1ccsc1.O=Cc1sccc1OCCO.OCCOc1ccsc1. The predicted molar refractivity (Wildman–Crippen MR) is 136 cm³/mol. The van der Waals surface area contributed by atoms with Crippen LogP contribution in [-0.2, 0) is 4.79 Å². The van der Waals surface area contributed by atoms with Crippen LogP contribution in [0, 0.1) is 3.57 Å². The summed E-state index contributed by atoms with van der Waals surface area (Å²) in [5.74, 6) is 1.40. The van der Waals surface area contributed by atoms with Crippen molar-refractivity contribution in [3.05, 3.63) is 53.5 Å². The molecule has 3 rings (SSSR count). The van der Waals surface area contributed by atoms with Crippen LogP contribution in [0.1, 0.15) is 9.67 Å². The molecule has 0 fully saturated rings. The average Bonchev–Trinajstić information content (AvgIpc) is 3.55. The Morgan fingerprint density at radius 1 is 0.968 bits per heavy atom. The number of aldehydes is 1. The minimum absolute atomic E-state index is 0.0336. The van der Waals surface area contributed by atoms with Crippen molar-refractivity contribution in [3.63, 3.8) is 0 Å². The Kier molecular flexibility index (Phi) is 19.4. The van der Waals surface area contributed by atoms with E-state index in [9.17, 15) is 9.59 Å². The second-order valence-electron chi connectivity index (χ2n) is 5.38. The quantitative estimate of drug-likeness (QED) is 0.299. The number of nitrogens with zero attached hydrogens (tertiary/aromatic N) is 1. The van der Waals surface area contributed by atoms with Crippen LogP contribution in [0.2, 0.25) is 0 Å². The smallest absolute Gasteiger partial charge is 0.209 e. The van der Waals surface area contributed by atoms with Crippen LogP contribution >= 0.6 is 56.6 Å². The molecule has 0 aliphatic heterocycles. The molecule has 11 heteroatoms. The Morgan fingerprint density at radius 3 is 2.00 bits per heavy atom. The van der Waals surface area contributed by atoms with Crippen LogP contribution < -0.4 is 9.47 Å². The van der Waals surface area contributed by atoms with Gasteiger partial charge < -0.3 is 24.6 Å². The van der Waals surface area contributed by atoms with E-state index in [1.807, 2.05) is 16.8 Å². The van der Waals surface area contributed by atoms with Crippen molar-refractivity contribution in [1.82, 2.24) is 4.90 Å². The Hall–Kier alpha value is -1.51. The maximum Gasteiger partial charge on any atom is 0.209 e. The van der Waals surface area contributed by atoms with Gasteiger partial charge >= 0.3 is 0 Å². The maximum atomic E-state index is 10.3. The summed E-state index contributed by atoms with van der Waals surface area (Å²) in [6, 6.07) is 5.68. The second-order valence-corrected chi connectivity index (χ2v) is 9.13. The third-order valence-electron chi connectivity index (χ3n) is 2.67. The van der Waals surface area contributed by atoms with Crippen molar-refractivity contribution in [2.75, 3.05) is 40.5 Å². The van der Waals surface area contributed by atoms with E-state index in [1.54, 1.807) is 48.2 Å². The standard InChI is InChI=1S/C7H8O3S.C6H8O2S.C4H3IS.C3H7NO/c8-2-3-10-6-1-4-11-7(6)5-9;7-2-3-8-6-1-4-9-5-6;5-4-1-2-6-3-4;1-4(2)3-5/h1,4-5,8H,2-3H2;1,4-5,7H,2-3H2;1-3H;3H,1-2H3. The first kappa shape index (κ1) is 29.5. The predicted octanol–water partition coefficient (Wildman–Crippen LogP) is 4.11. The van der Waals surface area contributed by atoms with Crippen molar-refractivity contribution in [2.24, 2.45) is 0 Å². The van der Waals surface area contributed by atoms with E-state index in [0.717, 1.165) is 18.4 Å². The number of halogens is 1. The number of carbonyl (C=O) groups excluding carboxylic acids is 2. The Bertz CT molecular complexity index is 779. The van der Waals surface area contributed by atoms with Gasteiger partial charge in [0.25, 0.3) is 0 Å². The molecule has 0 unspecified atom stereocenters. The fourth-order valence-corrected chi connectivity index (χ4v) is 4.00. The molecule has 0 saturated carbocycles. The molecule has 0 bridgehead atoms. The highest BCUT2D eigenvalue weighted by Gasteiger charge is 2.02. The van der Waals surface area contributed by atoms with Gasteiger partial charge in [0.1, 0.15) is 29.6 Å². The summed E-state index contributed by atoms with van der Waals surface area (Å²) in [6.45, 7) is 0.665. The molecule has 0 saturated heterocycles. The molecule has 172 valence electrons. The van der Waals surface area contributed by atoms with E-state index in [1.165, 1.54) is 19.8 Å². The second kappa shape index (κ2) is 20.4. The van der Waals surface area contributed by atoms with Crippen molar-refractivity contribution in [2.45, 2.75) is 0 Å². The molecule has 3 aromatic rings. The van der Waals surface area contributed by atoms with Gasteiger partial charge in [-0.25, -0.2) is 0 Å². The molecule has 0 aliphatic rings. The van der Waals surface area contributed by atoms with Crippen LogP contribution in [-0.4, -0.2) is 68.3 Å². The van der Waals surface area contributed by atoms with Gasteiger partial charge in [0.15, 0.2) is 6.29 Å². The topological polar surface area (TPSA) is 96.3 Å². The summed E-state index contributed by atoms with van der Waals surface area (Å²) in [5.41, 5.74) is 0. The number of hydrogen-bond acceptors (Lipinski definition) is 9. The van der Waals surface area contributed by atoms with Crippen LogP contribution in [0.3, 0.4) is 0 Å². The lowest BCUT2D eigenvalue weighted by Gasteiger charge is -2.00. The first-order valence-electron chi connectivity index (χ1n) is 8.80. The molecule has 0 aromatic carbocycles. The Morgan fingerprint density at radius 2 is 1.58 bits per heavy atom. The van der Waals surface area contributed by atoms with Gasteiger partial charge in [-0.15, -0.1) is 22.7 Å². The molecule has 1 amide bonds.